The number of nitrogens with zero attached hydrogens (tertiary/aromatic N) is 1. The molecule has 0 bridgehead atoms. The normalized spacial score (nSPS) is 11.4. The molecule has 0 heterocycles. The summed E-state index contributed by atoms with van der Waals surface area (Å²) in [5.41, 5.74) is 4.04. The monoisotopic (exact) mass is 408 g/mol. The van der Waals surface area contributed by atoms with Crippen LogP contribution in [0, 0.1) is 0 Å². The van der Waals surface area contributed by atoms with Crippen molar-refractivity contribution in [3.63, 3.8) is 0 Å². The van der Waals surface area contributed by atoms with Crippen LogP contribution in [0.4, 0.5) is 0 Å². The van der Waals surface area contributed by atoms with Crippen molar-refractivity contribution in [2.24, 2.45) is 0 Å². The lowest BCUT2D eigenvalue weighted by Gasteiger charge is -2.12. The van der Waals surface area contributed by atoms with E-state index in [1.165, 1.54) is 18.4 Å². The zero-order chi connectivity index (χ0) is 20.9. The van der Waals surface area contributed by atoms with E-state index < -0.39 is 10.0 Å². The number of benzene rings is 3. The molecule has 3 aromatic carbocycles. The van der Waals surface area contributed by atoms with Gasteiger partial charge in [-0.3, -0.25) is 4.79 Å². The van der Waals surface area contributed by atoms with Crippen molar-refractivity contribution in [1.29, 1.82) is 0 Å². The van der Waals surface area contributed by atoms with Gasteiger partial charge in [0.15, 0.2) is 0 Å². The van der Waals surface area contributed by atoms with E-state index in [0.29, 0.717) is 13.0 Å². The smallest absolute Gasteiger partial charge is 0.242 e. The van der Waals surface area contributed by atoms with Crippen molar-refractivity contribution in [2.75, 3.05) is 14.1 Å². The minimum Gasteiger partial charge on any atom is -0.352 e. The van der Waals surface area contributed by atoms with Crippen LogP contribution in [-0.2, 0) is 27.8 Å². The molecule has 0 aliphatic rings. The van der Waals surface area contributed by atoms with E-state index >= 15 is 0 Å². The quantitative estimate of drug-likeness (QED) is 0.651. The topological polar surface area (TPSA) is 66.5 Å². The zero-order valence-electron chi connectivity index (χ0n) is 16.5. The van der Waals surface area contributed by atoms with E-state index in [2.05, 4.69) is 17.4 Å². The van der Waals surface area contributed by atoms with Gasteiger partial charge in [-0.2, -0.15) is 0 Å². The summed E-state index contributed by atoms with van der Waals surface area (Å²) in [5.74, 6) is -0.0811. The third-order valence-electron chi connectivity index (χ3n) is 4.62. The maximum atomic E-state index is 12.2. The van der Waals surface area contributed by atoms with Crippen molar-refractivity contribution in [3.8, 4) is 11.1 Å². The van der Waals surface area contributed by atoms with Gasteiger partial charge in [-0.15, -0.1) is 0 Å². The molecule has 29 heavy (non-hydrogen) atoms. The molecule has 5 nitrogen and oxygen atoms in total. The number of nitrogens with one attached hydrogen (secondary N) is 1. The number of carbonyl (C=O) groups is 1. The molecule has 0 radical (unpaired) electrons. The number of carbonyl (C=O) groups excluding carboxylic acids is 1. The van der Waals surface area contributed by atoms with E-state index in [0.717, 1.165) is 22.3 Å². The third kappa shape index (κ3) is 5.31. The van der Waals surface area contributed by atoms with Crippen LogP contribution in [0.15, 0.2) is 83.8 Å². The SMILES string of the molecule is CN(C)S(=O)(=O)c1ccc(CNC(=O)Cc2ccc(-c3ccccc3)cc2)cc1. The summed E-state index contributed by atoms with van der Waals surface area (Å²) in [4.78, 5) is 12.5. The largest absolute Gasteiger partial charge is 0.352 e. The molecule has 0 unspecified atom stereocenters. The molecular formula is C23H24N2O3S. The Morgan fingerprint density at radius 3 is 1.93 bits per heavy atom. The van der Waals surface area contributed by atoms with Gasteiger partial charge >= 0.3 is 0 Å². The average molecular weight is 409 g/mol. The highest BCUT2D eigenvalue weighted by atomic mass is 32.2. The maximum absolute atomic E-state index is 12.2. The van der Waals surface area contributed by atoms with E-state index in [1.54, 1.807) is 24.3 Å². The lowest BCUT2D eigenvalue weighted by atomic mass is 10.0. The number of rotatable bonds is 7. The molecule has 3 rings (SSSR count). The molecule has 0 saturated carbocycles. The second kappa shape index (κ2) is 9.03. The van der Waals surface area contributed by atoms with Crippen LogP contribution in [0.25, 0.3) is 11.1 Å². The molecule has 0 fully saturated rings. The van der Waals surface area contributed by atoms with Crippen LogP contribution in [0.5, 0.6) is 0 Å². The van der Waals surface area contributed by atoms with Gasteiger partial charge < -0.3 is 5.32 Å². The van der Waals surface area contributed by atoms with Crippen LogP contribution in [0.3, 0.4) is 0 Å². The fourth-order valence-corrected chi connectivity index (χ4v) is 3.79. The fraction of sp³-hybridized carbons (Fsp3) is 0.174. The number of hydrogen-bond donors (Lipinski definition) is 1. The first-order chi connectivity index (χ1) is 13.9. The molecule has 3 aromatic rings. The first kappa shape index (κ1) is 20.8. The molecule has 0 aliphatic heterocycles. The van der Waals surface area contributed by atoms with Gasteiger partial charge in [-0.25, -0.2) is 12.7 Å². The number of amides is 1. The van der Waals surface area contributed by atoms with Gasteiger partial charge in [0, 0.05) is 20.6 Å². The second-order valence-electron chi connectivity index (χ2n) is 6.95. The summed E-state index contributed by atoms with van der Waals surface area (Å²) in [6.45, 7) is 0.350. The molecule has 0 atom stereocenters. The Hall–Kier alpha value is -2.96. The highest BCUT2D eigenvalue weighted by molar-refractivity contribution is 7.89. The standard InChI is InChI=1S/C23H24N2O3S/c1-25(2)29(27,28)22-14-10-19(11-15-22)17-24-23(26)16-18-8-12-21(13-9-18)20-6-4-3-5-7-20/h3-15H,16-17H2,1-2H3,(H,24,26). The summed E-state index contributed by atoms with van der Waals surface area (Å²) < 4.78 is 25.3. The lowest BCUT2D eigenvalue weighted by molar-refractivity contribution is -0.120. The Kier molecular flexibility index (Phi) is 6.46. The summed E-state index contributed by atoms with van der Waals surface area (Å²) in [5, 5.41) is 2.88. The predicted octanol–water partition coefficient (Wildman–Crippen LogP) is 3.46. The average Bonchev–Trinajstić information content (AvgIpc) is 2.73. The highest BCUT2D eigenvalue weighted by Gasteiger charge is 2.16. The second-order valence-corrected chi connectivity index (χ2v) is 9.10. The van der Waals surface area contributed by atoms with Gasteiger partial charge in [-0.05, 0) is 34.4 Å². The van der Waals surface area contributed by atoms with E-state index in [-0.39, 0.29) is 10.8 Å². The molecule has 0 aromatic heterocycles. The Morgan fingerprint density at radius 2 is 1.34 bits per heavy atom. The first-order valence-electron chi connectivity index (χ1n) is 9.29. The van der Waals surface area contributed by atoms with Crippen LogP contribution in [0.2, 0.25) is 0 Å². The van der Waals surface area contributed by atoms with Crippen molar-refractivity contribution < 1.29 is 13.2 Å². The van der Waals surface area contributed by atoms with Crippen LogP contribution in [-0.4, -0.2) is 32.7 Å². The molecule has 0 spiro atoms. The van der Waals surface area contributed by atoms with E-state index in [9.17, 15) is 13.2 Å². The van der Waals surface area contributed by atoms with Crippen LogP contribution >= 0.6 is 0 Å². The maximum Gasteiger partial charge on any atom is 0.242 e. The summed E-state index contributed by atoms with van der Waals surface area (Å²) in [7, 11) is -0.452. The number of sulfonamides is 1. The van der Waals surface area contributed by atoms with Gasteiger partial charge in [0.2, 0.25) is 15.9 Å². The molecular weight excluding hydrogens is 384 g/mol. The Bertz CT molecular complexity index is 1060. The van der Waals surface area contributed by atoms with Gasteiger partial charge in [-0.1, -0.05) is 66.7 Å². The Balaban J connectivity index is 1.55. The third-order valence-corrected chi connectivity index (χ3v) is 6.45. The van der Waals surface area contributed by atoms with E-state index in [4.69, 9.17) is 0 Å². The Labute approximate surface area is 172 Å². The van der Waals surface area contributed by atoms with Crippen LogP contribution in [0.1, 0.15) is 11.1 Å². The zero-order valence-corrected chi connectivity index (χ0v) is 17.3. The van der Waals surface area contributed by atoms with Crippen molar-refractivity contribution in [2.45, 2.75) is 17.9 Å². The van der Waals surface area contributed by atoms with Gasteiger partial charge in [0.1, 0.15) is 0 Å². The van der Waals surface area contributed by atoms with Gasteiger partial charge in [0.25, 0.3) is 0 Å². The van der Waals surface area contributed by atoms with Crippen molar-refractivity contribution >= 4 is 15.9 Å². The molecule has 1 amide bonds. The van der Waals surface area contributed by atoms with E-state index in [1.807, 2.05) is 42.5 Å². The molecule has 1 N–H and O–H groups in total. The predicted molar refractivity (Wildman–Crippen MR) is 115 cm³/mol. The lowest BCUT2D eigenvalue weighted by Crippen LogP contribution is -2.25. The molecule has 0 aliphatic carbocycles. The summed E-state index contributed by atoms with van der Waals surface area (Å²) >= 11 is 0. The van der Waals surface area contributed by atoms with Crippen LogP contribution < -0.4 is 5.32 Å². The molecule has 6 heteroatoms. The minimum absolute atomic E-state index is 0.0811. The highest BCUT2D eigenvalue weighted by Crippen LogP contribution is 2.19. The molecule has 150 valence electrons. The van der Waals surface area contributed by atoms with Crippen molar-refractivity contribution in [3.05, 3.63) is 90.0 Å². The summed E-state index contributed by atoms with van der Waals surface area (Å²) in [6.07, 6.45) is 0.294. The van der Waals surface area contributed by atoms with Crippen molar-refractivity contribution in [1.82, 2.24) is 9.62 Å². The molecule has 0 saturated heterocycles. The Morgan fingerprint density at radius 1 is 0.793 bits per heavy atom. The minimum atomic E-state index is -3.44. The first-order valence-corrected chi connectivity index (χ1v) is 10.7. The summed E-state index contributed by atoms with van der Waals surface area (Å²) in [6, 6.07) is 24.6. The van der Waals surface area contributed by atoms with Gasteiger partial charge in [0.05, 0.1) is 11.3 Å². The fourth-order valence-electron chi connectivity index (χ4n) is 2.88. The number of hydrogen-bond acceptors (Lipinski definition) is 3.